The SMILES string of the molecule is CC(C)[C@H](NC(=O)c1ccc(Cl)cc1Cl)C(=O)NC1CCCC1. The van der Waals surface area contributed by atoms with Gasteiger partial charge in [0.1, 0.15) is 6.04 Å². The molecule has 0 saturated heterocycles. The van der Waals surface area contributed by atoms with Crippen molar-refractivity contribution in [2.75, 3.05) is 0 Å². The van der Waals surface area contributed by atoms with E-state index < -0.39 is 6.04 Å². The number of halogens is 2. The predicted octanol–water partition coefficient (Wildman–Crippen LogP) is 3.81. The van der Waals surface area contributed by atoms with Gasteiger partial charge in [-0.1, -0.05) is 49.9 Å². The van der Waals surface area contributed by atoms with Crippen LogP contribution in [-0.2, 0) is 4.79 Å². The normalized spacial score (nSPS) is 16.4. The highest BCUT2D eigenvalue weighted by Gasteiger charge is 2.28. The largest absolute Gasteiger partial charge is 0.352 e. The van der Waals surface area contributed by atoms with Gasteiger partial charge in [-0.15, -0.1) is 0 Å². The van der Waals surface area contributed by atoms with Crippen molar-refractivity contribution in [2.45, 2.75) is 51.6 Å². The maximum Gasteiger partial charge on any atom is 0.253 e. The lowest BCUT2D eigenvalue weighted by Crippen LogP contribution is -2.51. The van der Waals surface area contributed by atoms with Crippen molar-refractivity contribution in [3.8, 4) is 0 Å². The first-order valence-corrected chi connectivity index (χ1v) is 8.70. The maximum absolute atomic E-state index is 12.5. The summed E-state index contributed by atoms with van der Waals surface area (Å²) in [5.74, 6) is -0.524. The van der Waals surface area contributed by atoms with Crippen LogP contribution in [0.1, 0.15) is 49.9 Å². The van der Waals surface area contributed by atoms with Crippen molar-refractivity contribution >= 4 is 35.0 Å². The summed E-state index contributed by atoms with van der Waals surface area (Å²) in [4.78, 5) is 24.9. The van der Waals surface area contributed by atoms with Crippen LogP contribution in [0.4, 0.5) is 0 Å². The molecule has 2 rings (SSSR count). The second-order valence-corrected chi connectivity index (χ2v) is 7.15. The van der Waals surface area contributed by atoms with E-state index in [0.717, 1.165) is 25.7 Å². The summed E-state index contributed by atoms with van der Waals surface area (Å²) in [7, 11) is 0. The molecule has 6 heteroatoms. The fourth-order valence-electron chi connectivity index (χ4n) is 2.79. The monoisotopic (exact) mass is 356 g/mol. The molecule has 2 N–H and O–H groups in total. The Morgan fingerprint density at radius 2 is 1.83 bits per heavy atom. The predicted molar refractivity (Wildman–Crippen MR) is 93.0 cm³/mol. The Balaban J connectivity index is 2.05. The first-order valence-electron chi connectivity index (χ1n) is 7.94. The van der Waals surface area contributed by atoms with Crippen LogP contribution >= 0.6 is 23.2 Å². The van der Waals surface area contributed by atoms with Crippen LogP contribution in [0.2, 0.25) is 10.0 Å². The van der Waals surface area contributed by atoms with Gasteiger partial charge in [0.15, 0.2) is 0 Å². The van der Waals surface area contributed by atoms with E-state index in [1.807, 2.05) is 13.8 Å². The second kappa shape index (κ2) is 8.02. The number of amides is 2. The Labute approximate surface area is 146 Å². The Bertz CT molecular complexity index is 584. The summed E-state index contributed by atoms with van der Waals surface area (Å²) < 4.78 is 0. The van der Waals surface area contributed by atoms with Gasteiger partial charge in [0, 0.05) is 11.1 Å². The van der Waals surface area contributed by atoms with Crippen LogP contribution < -0.4 is 10.6 Å². The van der Waals surface area contributed by atoms with E-state index >= 15 is 0 Å². The first-order chi connectivity index (χ1) is 10.9. The third kappa shape index (κ3) is 4.85. The molecule has 126 valence electrons. The average molecular weight is 357 g/mol. The second-order valence-electron chi connectivity index (χ2n) is 6.31. The molecular weight excluding hydrogens is 335 g/mol. The molecule has 1 aliphatic rings. The van der Waals surface area contributed by atoms with E-state index in [4.69, 9.17) is 23.2 Å². The van der Waals surface area contributed by atoms with Gasteiger partial charge in [0.25, 0.3) is 5.91 Å². The zero-order chi connectivity index (χ0) is 17.0. The van der Waals surface area contributed by atoms with Crippen LogP contribution in [0.5, 0.6) is 0 Å². The van der Waals surface area contributed by atoms with E-state index in [-0.39, 0.29) is 28.8 Å². The van der Waals surface area contributed by atoms with Crippen molar-refractivity contribution in [1.29, 1.82) is 0 Å². The molecule has 1 saturated carbocycles. The lowest BCUT2D eigenvalue weighted by Gasteiger charge is -2.24. The molecule has 0 radical (unpaired) electrons. The van der Waals surface area contributed by atoms with Crippen LogP contribution in [0.15, 0.2) is 18.2 Å². The van der Waals surface area contributed by atoms with Gasteiger partial charge in [-0.2, -0.15) is 0 Å². The Kier molecular flexibility index (Phi) is 6.31. The molecule has 0 aromatic heterocycles. The maximum atomic E-state index is 12.5. The molecule has 0 aliphatic heterocycles. The average Bonchev–Trinajstić information content (AvgIpc) is 2.96. The molecule has 0 spiro atoms. The molecule has 1 aliphatic carbocycles. The summed E-state index contributed by atoms with van der Waals surface area (Å²) in [5, 5.41) is 6.56. The Morgan fingerprint density at radius 1 is 1.17 bits per heavy atom. The molecule has 1 atom stereocenters. The number of hydrogen-bond acceptors (Lipinski definition) is 2. The van der Waals surface area contributed by atoms with Crippen LogP contribution in [-0.4, -0.2) is 23.9 Å². The number of rotatable bonds is 5. The van der Waals surface area contributed by atoms with Gasteiger partial charge in [0.2, 0.25) is 5.91 Å². The van der Waals surface area contributed by atoms with Gasteiger partial charge < -0.3 is 10.6 Å². The molecule has 4 nitrogen and oxygen atoms in total. The zero-order valence-corrected chi connectivity index (χ0v) is 14.9. The highest BCUT2D eigenvalue weighted by atomic mass is 35.5. The number of hydrogen-bond donors (Lipinski definition) is 2. The van der Waals surface area contributed by atoms with Gasteiger partial charge in [-0.3, -0.25) is 9.59 Å². The molecule has 2 amide bonds. The summed E-state index contributed by atoms with van der Waals surface area (Å²) in [6.45, 7) is 3.81. The first kappa shape index (κ1) is 18.1. The van der Waals surface area contributed by atoms with E-state index in [1.165, 1.54) is 6.07 Å². The topological polar surface area (TPSA) is 58.2 Å². The van der Waals surface area contributed by atoms with Crippen LogP contribution in [0.3, 0.4) is 0 Å². The fourth-order valence-corrected chi connectivity index (χ4v) is 3.28. The molecule has 23 heavy (non-hydrogen) atoms. The van der Waals surface area contributed by atoms with Crippen molar-refractivity contribution < 1.29 is 9.59 Å². The van der Waals surface area contributed by atoms with Crippen molar-refractivity contribution in [2.24, 2.45) is 5.92 Å². The van der Waals surface area contributed by atoms with E-state index in [2.05, 4.69) is 10.6 Å². The van der Waals surface area contributed by atoms with Gasteiger partial charge >= 0.3 is 0 Å². The Hall–Kier alpha value is -1.26. The van der Waals surface area contributed by atoms with E-state index in [9.17, 15) is 9.59 Å². The molecule has 1 aromatic carbocycles. The quantitative estimate of drug-likeness (QED) is 0.842. The van der Waals surface area contributed by atoms with E-state index in [0.29, 0.717) is 10.6 Å². The highest BCUT2D eigenvalue weighted by Crippen LogP contribution is 2.21. The fraction of sp³-hybridized carbons (Fsp3) is 0.529. The number of carbonyl (C=O) groups excluding carboxylic acids is 2. The summed E-state index contributed by atoms with van der Waals surface area (Å²) in [6, 6.07) is 4.31. The third-order valence-corrected chi connectivity index (χ3v) is 4.66. The minimum atomic E-state index is -0.588. The number of nitrogens with one attached hydrogen (secondary N) is 2. The lowest BCUT2D eigenvalue weighted by molar-refractivity contribution is -0.124. The van der Waals surface area contributed by atoms with Crippen molar-refractivity contribution in [1.82, 2.24) is 10.6 Å². The standard InChI is InChI=1S/C17H22Cl2N2O2/c1-10(2)15(17(23)20-12-5-3-4-6-12)21-16(22)13-8-7-11(18)9-14(13)19/h7-10,12,15H,3-6H2,1-2H3,(H,20,23)(H,21,22)/t15-/m0/s1. The number of benzene rings is 1. The summed E-state index contributed by atoms with van der Waals surface area (Å²) >= 11 is 11.9. The van der Waals surface area contributed by atoms with Crippen molar-refractivity contribution in [3.05, 3.63) is 33.8 Å². The number of carbonyl (C=O) groups is 2. The lowest BCUT2D eigenvalue weighted by atomic mass is 10.0. The molecule has 1 fully saturated rings. The molecule has 0 heterocycles. The van der Waals surface area contributed by atoms with Gasteiger partial charge in [-0.25, -0.2) is 0 Å². The van der Waals surface area contributed by atoms with Crippen molar-refractivity contribution in [3.63, 3.8) is 0 Å². The molecule has 1 aromatic rings. The summed E-state index contributed by atoms with van der Waals surface area (Å²) in [6.07, 6.45) is 4.30. The van der Waals surface area contributed by atoms with E-state index in [1.54, 1.807) is 12.1 Å². The minimum Gasteiger partial charge on any atom is -0.352 e. The molecule has 0 unspecified atom stereocenters. The van der Waals surface area contributed by atoms with Gasteiger partial charge in [-0.05, 0) is 37.0 Å². The Morgan fingerprint density at radius 3 is 2.39 bits per heavy atom. The third-order valence-electron chi connectivity index (χ3n) is 4.11. The van der Waals surface area contributed by atoms with Gasteiger partial charge in [0.05, 0.1) is 10.6 Å². The smallest absolute Gasteiger partial charge is 0.253 e. The summed E-state index contributed by atoms with van der Waals surface area (Å²) in [5.41, 5.74) is 0.315. The highest BCUT2D eigenvalue weighted by molar-refractivity contribution is 6.36. The minimum absolute atomic E-state index is 0.0218. The molecule has 0 bridgehead atoms. The molecular formula is C17H22Cl2N2O2. The zero-order valence-electron chi connectivity index (χ0n) is 13.4. The van der Waals surface area contributed by atoms with Crippen LogP contribution in [0.25, 0.3) is 0 Å². The van der Waals surface area contributed by atoms with Crippen LogP contribution in [0, 0.1) is 5.92 Å².